The second kappa shape index (κ2) is 6.25. The zero-order valence-electron chi connectivity index (χ0n) is 12.3. The first-order valence-corrected chi connectivity index (χ1v) is 6.85. The molecule has 0 fully saturated rings. The van der Waals surface area contributed by atoms with Gasteiger partial charge in [-0.2, -0.15) is 0 Å². The predicted molar refractivity (Wildman–Crippen MR) is 80.2 cm³/mol. The Morgan fingerprint density at radius 2 is 2.00 bits per heavy atom. The van der Waals surface area contributed by atoms with Gasteiger partial charge >= 0.3 is 0 Å². The number of methoxy groups -OCH3 is 1. The first kappa shape index (κ1) is 14.1. The van der Waals surface area contributed by atoms with E-state index in [-0.39, 0.29) is 6.10 Å². The maximum atomic E-state index is 5.87. The third-order valence-electron chi connectivity index (χ3n) is 3.04. The molecule has 2 heterocycles. The van der Waals surface area contributed by atoms with Crippen molar-refractivity contribution in [3.05, 3.63) is 36.4 Å². The van der Waals surface area contributed by atoms with E-state index in [4.69, 9.17) is 9.47 Å². The van der Waals surface area contributed by atoms with Crippen LogP contribution in [0.4, 0.5) is 5.82 Å². The van der Waals surface area contributed by atoms with Gasteiger partial charge in [0, 0.05) is 0 Å². The van der Waals surface area contributed by atoms with Gasteiger partial charge in [-0.1, -0.05) is 12.1 Å². The summed E-state index contributed by atoms with van der Waals surface area (Å²) in [5, 5.41) is 18.5. The van der Waals surface area contributed by atoms with Gasteiger partial charge in [-0.05, 0) is 41.6 Å². The molecule has 1 aromatic carbocycles. The van der Waals surface area contributed by atoms with E-state index in [0.29, 0.717) is 29.5 Å². The lowest BCUT2D eigenvalue weighted by atomic mass is 10.3. The number of para-hydroxylation sites is 2. The van der Waals surface area contributed by atoms with Gasteiger partial charge in [-0.3, -0.25) is 0 Å². The molecular formula is C14H16N6O2. The number of rotatable bonds is 6. The minimum Gasteiger partial charge on any atom is -0.493 e. The van der Waals surface area contributed by atoms with E-state index in [2.05, 4.69) is 25.9 Å². The molecule has 0 aliphatic carbocycles. The lowest BCUT2D eigenvalue weighted by Gasteiger charge is -2.17. The summed E-state index contributed by atoms with van der Waals surface area (Å²) in [7, 11) is 1.62. The van der Waals surface area contributed by atoms with Crippen LogP contribution in [0.2, 0.25) is 0 Å². The van der Waals surface area contributed by atoms with Crippen LogP contribution in [0.5, 0.6) is 11.5 Å². The largest absolute Gasteiger partial charge is 0.493 e. The SMILES string of the molecule is COc1ccccc1OC(C)CNc1ccc2nnnn2n1. The molecule has 8 heteroatoms. The number of fused-ring (bicyclic) bond motifs is 1. The Bertz CT molecular complexity index is 760. The number of tetrazole rings is 1. The van der Waals surface area contributed by atoms with E-state index in [0.717, 1.165) is 0 Å². The molecule has 0 aliphatic heterocycles. The molecule has 3 rings (SSSR count). The highest BCUT2D eigenvalue weighted by Crippen LogP contribution is 2.26. The third kappa shape index (κ3) is 3.05. The van der Waals surface area contributed by atoms with E-state index in [1.165, 1.54) is 4.63 Å². The number of nitrogens with one attached hydrogen (secondary N) is 1. The fraction of sp³-hybridized carbons (Fsp3) is 0.286. The van der Waals surface area contributed by atoms with E-state index < -0.39 is 0 Å². The fourth-order valence-corrected chi connectivity index (χ4v) is 1.97. The molecule has 0 bridgehead atoms. The Morgan fingerprint density at radius 1 is 1.18 bits per heavy atom. The summed E-state index contributed by atoms with van der Waals surface area (Å²) >= 11 is 0. The van der Waals surface area contributed by atoms with Gasteiger partial charge in [-0.15, -0.1) is 14.8 Å². The number of hydrogen-bond donors (Lipinski definition) is 1. The first-order chi connectivity index (χ1) is 10.8. The van der Waals surface area contributed by atoms with Crippen LogP contribution in [0.3, 0.4) is 0 Å². The molecule has 8 nitrogen and oxygen atoms in total. The van der Waals surface area contributed by atoms with Crippen molar-refractivity contribution in [3.8, 4) is 11.5 Å². The normalized spacial score (nSPS) is 12.1. The summed E-state index contributed by atoms with van der Waals surface area (Å²) in [6.45, 7) is 2.55. The Balaban J connectivity index is 1.60. The molecule has 0 saturated carbocycles. The molecule has 114 valence electrons. The molecule has 1 unspecified atom stereocenters. The quantitative estimate of drug-likeness (QED) is 0.736. The molecule has 1 N–H and O–H groups in total. The molecule has 0 saturated heterocycles. The van der Waals surface area contributed by atoms with Gasteiger partial charge in [0.1, 0.15) is 11.9 Å². The summed E-state index contributed by atoms with van der Waals surface area (Å²) < 4.78 is 12.5. The zero-order valence-corrected chi connectivity index (χ0v) is 12.3. The molecule has 22 heavy (non-hydrogen) atoms. The van der Waals surface area contributed by atoms with Gasteiger partial charge in [0.05, 0.1) is 13.7 Å². The van der Waals surface area contributed by atoms with Crippen LogP contribution >= 0.6 is 0 Å². The number of aromatic nitrogens is 5. The van der Waals surface area contributed by atoms with Crippen molar-refractivity contribution >= 4 is 11.5 Å². The summed E-state index contributed by atoms with van der Waals surface area (Å²) in [4.78, 5) is 0. The van der Waals surface area contributed by atoms with Crippen LogP contribution in [0.15, 0.2) is 36.4 Å². The molecule has 0 amide bonds. The Hall–Kier alpha value is -2.90. The second-order valence-corrected chi connectivity index (χ2v) is 4.71. The maximum Gasteiger partial charge on any atom is 0.200 e. The number of nitrogens with zero attached hydrogens (tertiary/aromatic N) is 5. The number of hydrogen-bond acceptors (Lipinski definition) is 7. The lowest BCUT2D eigenvalue weighted by Crippen LogP contribution is -2.23. The van der Waals surface area contributed by atoms with Crippen LogP contribution in [-0.4, -0.2) is 45.0 Å². The van der Waals surface area contributed by atoms with E-state index in [1.807, 2.05) is 37.3 Å². The van der Waals surface area contributed by atoms with Gasteiger partial charge in [0.15, 0.2) is 17.1 Å². The van der Waals surface area contributed by atoms with E-state index in [9.17, 15) is 0 Å². The maximum absolute atomic E-state index is 5.87. The van der Waals surface area contributed by atoms with E-state index in [1.54, 1.807) is 13.2 Å². The average molecular weight is 300 g/mol. The van der Waals surface area contributed by atoms with Crippen molar-refractivity contribution in [2.45, 2.75) is 13.0 Å². The summed E-state index contributed by atoms with van der Waals surface area (Å²) in [6, 6.07) is 11.2. The number of benzene rings is 1. The van der Waals surface area contributed by atoms with E-state index >= 15 is 0 Å². The van der Waals surface area contributed by atoms with Crippen molar-refractivity contribution in [2.75, 3.05) is 19.0 Å². The highest BCUT2D eigenvalue weighted by Gasteiger charge is 2.09. The highest BCUT2D eigenvalue weighted by molar-refractivity contribution is 5.42. The van der Waals surface area contributed by atoms with Crippen LogP contribution in [0, 0.1) is 0 Å². The van der Waals surface area contributed by atoms with Crippen LogP contribution in [-0.2, 0) is 0 Å². The first-order valence-electron chi connectivity index (χ1n) is 6.85. The van der Waals surface area contributed by atoms with Crippen LogP contribution < -0.4 is 14.8 Å². The third-order valence-corrected chi connectivity index (χ3v) is 3.04. The fourth-order valence-electron chi connectivity index (χ4n) is 1.97. The molecule has 0 aliphatic rings. The standard InChI is InChI=1S/C14H16N6O2/c1-10(22-12-6-4-3-5-11(12)21-2)9-15-13-7-8-14-16-18-19-20(14)17-13/h3-8,10H,9H2,1-2H3,(H,15,17). The monoisotopic (exact) mass is 300 g/mol. The smallest absolute Gasteiger partial charge is 0.200 e. The van der Waals surface area contributed by atoms with Gasteiger partial charge in [-0.25, -0.2) is 0 Å². The molecule has 2 aromatic heterocycles. The minimum atomic E-state index is -0.0670. The summed E-state index contributed by atoms with van der Waals surface area (Å²) in [6.07, 6.45) is -0.0670. The Labute approximate surface area is 127 Å². The number of ether oxygens (including phenoxy) is 2. The Kier molecular flexibility index (Phi) is 3.99. The van der Waals surface area contributed by atoms with Gasteiger partial charge in [0.2, 0.25) is 0 Å². The number of anilines is 1. The average Bonchev–Trinajstić information content (AvgIpc) is 3.01. The summed E-state index contributed by atoms with van der Waals surface area (Å²) in [5.41, 5.74) is 0.601. The topological polar surface area (TPSA) is 86.5 Å². The zero-order chi connectivity index (χ0) is 15.4. The molecule has 0 spiro atoms. The van der Waals surface area contributed by atoms with Crippen molar-refractivity contribution < 1.29 is 9.47 Å². The van der Waals surface area contributed by atoms with Crippen molar-refractivity contribution in [2.24, 2.45) is 0 Å². The Morgan fingerprint density at radius 3 is 2.82 bits per heavy atom. The molecular weight excluding hydrogens is 284 g/mol. The van der Waals surface area contributed by atoms with Crippen molar-refractivity contribution in [1.29, 1.82) is 0 Å². The molecule has 1 atom stereocenters. The second-order valence-electron chi connectivity index (χ2n) is 4.71. The predicted octanol–water partition coefficient (Wildman–Crippen LogP) is 1.41. The lowest BCUT2D eigenvalue weighted by molar-refractivity contribution is 0.223. The molecule has 0 radical (unpaired) electrons. The summed E-state index contributed by atoms with van der Waals surface area (Å²) in [5.74, 6) is 2.10. The highest BCUT2D eigenvalue weighted by atomic mass is 16.5. The van der Waals surface area contributed by atoms with Crippen LogP contribution in [0.25, 0.3) is 5.65 Å². The molecule has 3 aromatic rings. The van der Waals surface area contributed by atoms with Crippen LogP contribution in [0.1, 0.15) is 6.92 Å². The minimum absolute atomic E-state index is 0.0670. The van der Waals surface area contributed by atoms with Crippen molar-refractivity contribution in [1.82, 2.24) is 25.3 Å². The van der Waals surface area contributed by atoms with Gasteiger partial charge < -0.3 is 14.8 Å². The van der Waals surface area contributed by atoms with Crippen molar-refractivity contribution in [3.63, 3.8) is 0 Å². The van der Waals surface area contributed by atoms with Gasteiger partial charge in [0.25, 0.3) is 0 Å².